The first-order valence-electron chi connectivity index (χ1n) is 8.99. The maximum absolute atomic E-state index is 5.33. The van der Waals surface area contributed by atoms with Gasteiger partial charge in [0.25, 0.3) is 0 Å². The minimum Gasteiger partial charge on any atom is -0.480 e. The second kappa shape index (κ2) is 7.92. The van der Waals surface area contributed by atoms with Crippen LogP contribution in [0, 0.1) is 0 Å². The first kappa shape index (κ1) is 17.7. The first-order chi connectivity index (χ1) is 13.4. The predicted octanol–water partition coefficient (Wildman–Crippen LogP) is 3.23. The lowest BCUT2D eigenvalue weighted by Gasteiger charge is -2.34. The Bertz CT molecular complexity index is 890. The van der Waals surface area contributed by atoms with E-state index in [0.717, 1.165) is 5.75 Å². The summed E-state index contributed by atoms with van der Waals surface area (Å²) < 4.78 is 5.33. The highest BCUT2D eigenvalue weighted by atomic mass is 31.0. The van der Waals surface area contributed by atoms with E-state index in [2.05, 4.69) is 125 Å². The van der Waals surface area contributed by atoms with Crippen LogP contribution in [0.2, 0.25) is 0 Å². The monoisotopic (exact) mass is 384 g/mol. The van der Waals surface area contributed by atoms with Crippen LogP contribution in [0.25, 0.3) is 0 Å². The second-order valence-electron chi connectivity index (χ2n) is 6.49. The molecule has 1 atom stereocenters. The smallest absolute Gasteiger partial charge is 0.179 e. The van der Waals surface area contributed by atoms with Crippen molar-refractivity contribution < 1.29 is 4.52 Å². The molecule has 0 aliphatic carbocycles. The molecule has 0 bridgehead atoms. The number of hydrogen-bond donors (Lipinski definition) is 0. The van der Waals surface area contributed by atoms with Crippen molar-refractivity contribution in [3.05, 3.63) is 115 Å². The fourth-order valence-electron chi connectivity index (χ4n) is 3.85. The minimum atomic E-state index is -2.40. The average Bonchev–Trinajstić information content (AvgIpc) is 2.77. The molecule has 0 spiro atoms. The van der Waals surface area contributed by atoms with Crippen molar-refractivity contribution in [2.24, 2.45) is 0 Å². The lowest BCUT2D eigenvalue weighted by Crippen LogP contribution is -2.74. The zero-order chi connectivity index (χ0) is 18.5. The molecule has 0 amide bonds. The molecular weight excluding hydrogens is 363 g/mol. The number of rotatable bonds is 5. The fourth-order valence-corrected chi connectivity index (χ4v) is 8.75. The molecule has 132 valence electrons. The van der Waals surface area contributed by atoms with E-state index in [1.807, 2.05) is 0 Å². The molecule has 4 aromatic carbocycles. The van der Waals surface area contributed by atoms with Crippen molar-refractivity contribution >= 4 is 38.3 Å². The number of benzene rings is 4. The third kappa shape index (κ3) is 3.23. The van der Waals surface area contributed by atoms with E-state index in [9.17, 15) is 0 Å². The summed E-state index contributed by atoms with van der Waals surface area (Å²) in [7, 11) is -0.0777. The Hall–Kier alpha value is -2.67. The van der Waals surface area contributed by atoms with Crippen LogP contribution in [0.5, 0.6) is 5.75 Å². The molecule has 4 aromatic rings. The van der Waals surface area contributed by atoms with Crippen LogP contribution in [0.1, 0.15) is 0 Å². The molecule has 0 aliphatic rings. The van der Waals surface area contributed by atoms with Crippen LogP contribution in [0.3, 0.4) is 0 Å². The van der Waals surface area contributed by atoms with Crippen LogP contribution in [0.4, 0.5) is 0 Å². The van der Waals surface area contributed by atoms with Gasteiger partial charge in [-0.1, -0.05) is 103 Å². The van der Waals surface area contributed by atoms with Crippen molar-refractivity contribution in [3.63, 3.8) is 0 Å². The first-order valence-corrected chi connectivity index (χ1v) is 11.5. The van der Waals surface area contributed by atoms with Crippen molar-refractivity contribution in [1.29, 1.82) is 0 Å². The average molecular weight is 384 g/mol. The van der Waals surface area contributed by atoms with E-state index in [4.69, 9.17) is 4.52 Å². The highest BCUT2D eigenvalue weighted by Gasteiger charge is 2.41. The summed E-state index contributed by atoms with van der Waals surface area (Å²) in [5.41, 5.74) is 0. The third-order valence-corrected chi connectivity index (χ3v) is 10.1. The minimum absolute atomic E-state index is 0.848. The Balaban J connectivity index is 2.09. The molecule has 0 fully saturated rings. The molecule has 1 nitrogen and oxygen atoms in total. The van der Waals surface area contributed by atoms with Crippen molar-refractivity contribution in [2.45, 2.75) is 0 Å². The maximum Gasteiger partial charge on any atom is 0.179 e. The zero-order valence-corrected chi connectivity index (χ0v) is 17.1. The van der Waals surface area contributed by atoms with E-state index >= 15 is 0 Å². The summed E-state index contributed by atoms with van der Waals surface area (Å²) in [6, 6.07) is 41.3. The van der Waals surface area contributed by atoms with Gasteiger partial charge in [-0.15, -0.1) is 0 Å². The molecular formula is C24H21OPSi. The summed E-state index contributed by atoms with van der Waals surface area (Å²) in [5.74, 6) is 0.848. The fraction of sp³-hybridized carbons (Fsp3) is 0. The van der Waals surface area contributed by atoms with E-state index in [0.29, 0.717) is 0 Å². The van der Waals surface area contributed by atoms with Gasteiger partial charge < -0.3 is 4.52 Å². The van der Waals surface area contributed by atoms with Gasteiger partial charge in [-0.3, -0.25) is 0 Å². The molecule has 0 saturated heterocycles. The zero-order valence-electron chi connectivity index (χ0n) is 15.0. The van der Waals surface area contributed by atoms with E-state index in [1.165, 1.54) is 20.7 Å². The van der Waals surface area contributed by atoms with Gasteiger partial charge in [0.15, 0.2) is 8.07 Å². The van der Waals surface area contributed by atoms with Gasteiger partial charge in [0, 0.05) is 0 Å². The summed E-state index contributed by atoms with van der Waals surface area (Å²) in [6.45, 7) is 0. The molecule has 0 radical (unpaired) electrons. The highest BCUT2D eigenvalue weighted by Crippen LogP contribution is 2.14. The lowest BCUT2D eigenvalue weighted by atomic mass is 10.3. The quantitative estimate of drug-likeness (QED) is 0.292. The van der Waals surface area contributed by atoms with Crippen molar-refractivity contribution in [2.75, 3.05) is 0 Å². The molecule has 4 rings (SSSR count). The summed E-state index contributed by atoms with van der Waals surface area (Å²) in [6.07, 6.45) is 0. The summed E-state index contributed by atoms with van der Waals surface area (Å²) in [4.78, 5) is 0. The van der Waals surface area contributed by atoms with Crippen molar-refractivity contribution in [1.82, 2.24) is 0 Å². The van der Waals surface area contributed by atoms with E-state index in [1.54, 1.807) is 0 Å². The molecule has 0 heterocycles. The molecule has 1 unspecified atom stereocenters. The lowest BCUT2D eigenvalue weighted by molar-refractivity contribution is 0.646. The standard InChI is InChI=1S/C24H21OPSi/c26-25-20-16-18-24(19-17-20)27(21-10-4-1-5-11-21,22-12-6-2-7-13-22)23-14-8-3-9-15-23/h1-19H,26H2. The Morgan fingerprint density at radius 1 is 0.444 bits per heavy atom. The van der Waals surface area contributed by atoms with Gasteiger partial charge in [-0.2, -0.15) is 0 Å². The van der Waals surface area contributed by atoms with Crippen LogP contribution in [-0.2, 0) is 0 Å². The van der Waals surface area contributed by atoms with Crippen molar-refractivity contribution in [3.8, 4) is 5.75 Å². The van der Waals surface area contributed by atoms with E-state index in [-0.39, 0.29) is 0 Å². The van der Waals surface area contributed by atoms with Crippen LogP contribution >= 0.6 is 9.47 Å². The van der Waals surface area contributed by atoms with Gasteiger partial charge in [0.05, 0.1) is 9.47 Å². The normalized spacial score (nSPS) is 11.1. The van der Waals surface area contributed by atoms with Gasteiger partial charge in [0.1, 0.15) is 5.75 Å². The third-order valence-electron chi connectivity index (χ3n) is 5.04. The van der Waals surface area contributed by atoms with E-state index < -0.39 is 8.07 Å². The largest absolute Gasteiger partial charge is 0.480 e. The van der Waals surface area contributed by atoms with Gasteiger partial charge in [-0.25, -0.2) is 0 Å². The van der Waals surface area contributed by atoms with Crippen LogP contribution in [-0.4, -0.2) is 8.07 Å². The SMILES string of the molecule is POc1ccc([Si](c2ccccc2)(c2ccccc2)c2ccccc2)cc1. The number of hydrogen-bond acceptors (Lipinski definition) is 1. The summed E-state index contributed by atoms with van der Waals surface area (Å²) in [5, 5.41) is 5.47. The van der Waals surface area contributed by atoms with Crippen LogP contribution in [0.15, 0.2) is 115 Å². The maximum atomic E-state index is 5.33. The van der Waals surface area contributed by atoms with Gasteiger partial charge >= 0.3 is 0 Å². The predicted molar refractivity (Wildman–Crippen MR) is 120 cm³/mol. The molecule has 0 N–H and O–H groups in total. The Labute approximate surface area is 164 Å². The highest BCUT2D eigenvalue weighted by molar-refractivity contribution is 7.19. The Kier molecular flexibility index (Phi) is 5.20. The van der Waals surface area contributed by atoms with Gasteiger partial charge in [-0.05, 0) is 32.9 Å². The molecule has 0 aromatic heterocycles. The molecule has 0 saturated carbocycles. The molecule has 3 heteroatoms. The van der Waals surface area contributed by atoms with Gasteiger partial charge in [0.2, 0.25) is 0 Å². The second-order valence-corrected chi connectivity index (χ2v) is 10.5. The Morgan fingerprint density at radius 2 is 0.778 bits per heavy atom. The van der Waals surface area contributed by atoms with Crippen LogP contribution < -0.4 is 25.3 Å². The topological polar surface area (TPSA) is 9.23 Å². The molecule has 0 aliphatic heterocycles. The summed E-state index contributed by atoms with van der Waals surface area (Å²) >= 11 is 0. The Morgan fingerprint density at radius 3 is 1.11 bits per heavy atom. The molecule has 27 heavy (non-hydrogen) atoms.